The van der Waals surface area contributed by atoms with Crippen LogP contribution in [0.4, 0.5) is 0 Å². The second kappa shape index (κ2) is 11.5. The molecule has 0 aliphatic rings. The summed E-state index contributed by atoms with van der Waals surface area (Å²) in [4.78, 5) is 10.5. The number of pyridine rings is 2. The number of nitrogens with zero attached hydrogens (tertiary/aromatic N) is 2. The Morgan fingerprint density at radius 3 is 1.62 bits per heavy atom. The van der Waals surface area contributed by atoms with Gasteiger partial charge in [-0.05, 0) is 85.8 Å². The molecule has 0 atom stereocenters. The van der Waals surface area contributed by atoms with Crippen LogP contribution >= 0.6 is 0 Å². The molecule has 0 fully saturated rings. The third kappa shape index (κ3) is 4.81. The second-order valence-corrected chi connectivity index (χ2v) is 13.0. The van der Waals surface area contributed by atoms with Gasteiger partial charge in [-0.3, -0.25) is 0 Å². The van der Waals surface area contributed by atoms with Gasteiger partial charge in [0.15, 0.2) is 0 Å². The van der Waals surface area contributed by atoms with E-state index in [1.807, 2.05) is 0 Å². The number of hydrogen-bond acceptors (Lipinski definition) is 2. The van der Waals surface area contributed by atoms with Crippen LogP contribution in [-0.4, -0.2) is 9.97 Å². The lowest BCUT2D eigenvalue weighted by Gasteiger charge is -2.13. The molecule has 0 aliphatic heterocycles. The summed E-state index contributed by atoms with van der Waals surface area (Å²) in [5.74, 6) is 0. The maximum Gasteiger partial charge on any atom is 0.0978 e. The SMILES string of the molecule is c1ccc(-c2c3ccccc3nc3c2ccc2ccc(-c4cccc(-c5ccc6cc(-c7ccc8ccccc8c7)ccc6c5)c4)nc23)cc1. The molecule has 232 valence electrons. The Labute approximate surface area is 290 Å². The van der Waals surface area contributed by atoms with Crippen molar-refractivity contribution in [1.29, 1.82) is 0 Å². The van der Waals surface area contributed by atoms with Crippen molar-refractivity contribution in [3.63, 3.8) is 0 Å². The fraction of sp³-hybridized carbons (Fsp3) is 0. The van der Waals surface area contributed by atoms with Crippen molar-refractivity contribution < 1.29 is 0 Å². The van der Waals surface area contributed by atoms with Crippen LogP contribution in [0.2, 0.25) is 0 Å². The lowest BCUT2D eigenvalue weighted by molar-refractivity contribution is 1.39. The molecule has 10 aromatic rings. The molecule has 2 aromatic heterocycles. The first-order chi connectivity index (χ1) is 24.7. The van der Waals surface area contributed by atoms with E-state index in [1.165, 1.54) is 54.9 Å². The van der Waals surface area contributed by atoms with Gasteiger partial charge in [-0.15, -0.1) is 0 Å². The van der Waals surface area contributed by atoms with E-state index in [2.05, 4.69) is 182 Å². The smallest absolute Gasteiger partial charge is 0.0978 e. The average molecular weight is 635 g/mol. The van der Waals surface area contributed by atoms with Crippen molar-refractivity contribution in [2.45, 2.75) is 0 Å². The van der Waals surface area contributed by atoms with Crippen LogP contribution in [0.1, 0.15) is 0 Å². The van der Waals surface area contributed by atoms with Crippen LogP contribution in [-0.2, 0) is 0 Å². The molecule has 0 spiro atoms. The Morgan fingerprint density at radius 2 is 0.840 bits per heavy atom. The summed E-state index contributed by atoms with van der Waals surface area (Å²) in [5, 5.41) is 8.32. The van der Waals surface area contributed by atoms with Crippen molar-refractivity contribution in [2.24, 2.45) is 0 Å². The number of fused-ring (bicyclic) bond motifs is 6. The van der Waals surface area contributed by atoms with E-state index in [4.69, 9.17) is 9.97 Å². The lowest BCUT2D eigenvalue weighted by Crippen LogP contribution is -1.93. The summed E-state index contributed by atoms with van der Waals surface area (Å²) in [6.07, 6.45) is 0. The molecule has 0 saturated heterocycles. The summed E-state index contributed by atoms with van der Waals surface area (Å²) in [6, 6.07) is 65.2. The first-order valence-electron chi connectivity index (χ1n) is 17.1. The molecule has 2 nitrogen and oxygen atoms in total. The highest BCUT2D eigenvalue weighted by Crippen LogP contribution is 2.38. The molecule has 0 aliphatic carbocycles. The molecule has 50 heavy (non-hydrogen) atoms. The number of hydrogen-bond donors (Lipinski definition) is 0. The van der Waals surface area contributed by atoms with E-state index in [-0.39, 0.29) is 0 Å². The fourth-order valence-corrected chi connectivity index (χ4v) is 7.45. The minimum Gasteiger partial charge on any atom is -0.245 e. The Bertz CT molecular complexity index is 2920. The van der Waals surface area contributed by atoms with Crippen LogP contribution in [0.25, 0.3) is 98.9 Å². The Balaban J connectivity index is 1.05. The largest absolute Gasteiger partial charge is 0.245 e. The molecule has 8 aromatic carbocycles. The van der Waals surface area contributed by atoms with Crippen molar-refractivity contribution in [3.8, 4) is 44.6 Å². The van der Waals surface area contributed by atoms with Gasteiger partial charge in [0, 0.05) is 27.3 Å². The summed E-state index contributed by atoms with van der Waals surface area (Å²) in [6.45, 7) is 0. The molecule has 2 heteroatoms. The highest BCUT2D eigenvalue weighted by atomic mass is 14.8. The van der Waals surface area contributed by atoms with Gasteiger partial charge < -0.3 is 0 Å². The zero-order valence-corrected chi connectivity index (χ0v) is 27.2. The maximum atomic E-state index is 5.29. The van der Waals surface area contributed by atoms with Gasteiger partial charge in [0.2, 0.25) is 0 Å². The number of benzene rings is 8. The van der Waals surface area contributed by atoms with Crippen LogP contribution in [0.3, 0.4) is 0 Å². The molecular weight excluding hydrogens is 605 g/mol. The van der Waals surface area contributed by atoms with Crippen molar-refractivity contribution in [1.82, 2.24) is 9.97 Å². The second-order valence-electron chi connectivity index (χ2n) is 13.0. The van der Waals surface area contributed by atoms with Crippen LogP contribution in [0.5, 0.6) is 0 Å². The van der Waals surface area contributed by atoms with Gasteiger partial charge in [-0.2, -0.15) is 0 Å². The van der Waals surface area contributed by atoms with E-state index in [1.54, 1.807) is 0 Å². The minimum atomic E-state index is 0.918. The van der Waals surface area contributed by atoms with E-state index in [0.29, 0.717) is 0 Å². The molecular formula is C48H30N2. The normalized spacial score (nSPS) is 11.6. The Morgan fingerprint density at radius 1 is 0.280 bits per heavy atom. The number of rotatable bonds is 4. The Hall–Kier alpha value is -6.64. The highest BCUT2D eigenvalue weighted by Gasteiger charge is 2.15. The molecule has 0 bridgehead atoms. The third-order valence-electron chi connectivity index (χ3n) is 9.99. The molecule has 10 rings (SSSR count). The molecule has 2 heterocycles. The Kier molecular flexibility index (Phi) is 6.53. The first kappa shape index (κ1) is 28.4. The van der Waals surface area contributed by atoms with E-state index in [0.717, 1.165) is 44.0 Å². The summed E-state index contributed by atoms with van der Waals surface area (Å²) < 4.78 is 0. The molecule has 0 radical (unpaired) electrons. The van der Waals surface area contributed by atoms with Crippen LogP contribution in [0.15, 0.2) is 182 Å². The van der Waals surface area contributed by atoms with Gasteiger partial charge in [0.1, 0.15) is 0 Å². The third-order valence-corrected chi connectivity index (χ3v) is 9.99. The number of aromatic nitrogens is 2. The minimum absolute atomic E-state index is 0.918. The maximum absolute atomic E-state index is 5.29. The van der Waals surface area contributed by atoms with Crippen molar-refractivity contribution in [2.75, 3.05) is 0 Å². The summed E-state index contributed by atoms with van der Waals surface area (Å²) in [5.41, 5.74) is 12.0. The van der Waals surface area contributed by atoms with Gasteiger partial charge in [-0.25, -0.2) is 9.97 Å². The highest BCUT2D eigenvalue weighted by molar-refractivity contribution is 6.16. The van der Waals surface area contributed by atoms with E-state index in [9.17, 15) is 0 Å². The monoisotopic (exact) mass is 634 g/mol. The zero-order valence-electron chi connectivity index (χ0n) is 27.2. The van der Waals surface area contributed by atoms with Gasteiger partial charge in [0.25, 0.3) is 0 Å². The van der Waals surface area contributed by atoms with E-state index < -0.39 is 0 Å². The van der Waals surface area contributed by atoms with Crippen LogP contribution < -0.4 is 0 Å². The van der Waals surface area contributed by atoms with Gasteiger partial charge in [-0.1, -0.05) is 146 Å². The molecule has 0 amide bonds. The van der Waals surface area contributed by atoms with Crippen molar-refractivity contribution in [3.05, 3.63) is 182 Å². The first-order valence-corrected chi connectivity index (χ1v) is 17.1. The molecule has 0 saturated carbocycles. The quantitative estimate of drug-likeness (QED) is 0.142. The van der Waals surface area contributed by atoms with Crippen molar-refractivity contribution >= 4 is 54.3 Å². The summed E-state index contributed by atoms with van der Waals surface area (Å²) >= 11 is 0. The summed E-state index contributed by atoms with van der Waals surface area (Å²) in [7, 11) is 0. The predicted molar refractivity (Wildman–Crippen MR) is 211 cm³/mol. The topological polar surface area (TPSA) is 25.8 Å². The standard InChI is InChI=1S/C48H30N2/c1-2-10-32(11-3-1)46-42-15-6-7-16-45(42)50-48-43(46)25-23-33-24-26-44(49-47(33)48)41-14-8-13-35(30-41)36-19-20-40-29-39(22-21-38(40)28-36)37-18-17-31-9-4-5-12-34(31)27-37/h1-30H. The molecule has 0 N–H and O–H groups in total. The van der Waals surface area contributed by atoms with E-state index >= 15 is 0 Å². The number of para-hydroxylation sites is 1. The predicted octanol–water partition coefficient (Wildman–Crippen LogP) is 12.9. The molecule has 0 unspecified atom stereocenters. The van der Waals surface area contributed by atoms with Crippen LogP contribution in [0, 0.1) is 0 Å². The average Bonchev–Trinajstić information content (AvgIpc) is 3.19. The zero-order chi connectivity index (χ0) is 33.0. The van der Waals surface area contributed by atoms with Gasteiger partial charge in [0.05, 0.1) is 22.2 Å². The fourth-order valence-electron chi connectivity index (χ4n) is 7.45. The van der Waals surface area contributed by atoms with Gasteiger partial charge >= 0.3 is 0 Å². The lowest BCUT2D eigenvalue weighted by atomic mass is 9.94.